The summed E-state index contributed by atoms with van der Waals surface area (Å²) in [5.41, 5.74) is 2.41. The third-order valence-electron chi connectivity index (χ3n) is 7.46. The molecule has 1 aliphatic heterocycles. The summed E-state index contributed by atoms with van der Waals surface area (Å²) in [5.74, 6) is 0.243. The average molecular weight is 507 g/mol. The van der Waals surface area contributed by atoms with Gasteiger partial charge in [0.05, 0.1) is 11.9 Å². The summed E-state index contributed by atoms with van der Waals surface area (Å²) in [7, 11) is 3.53. The molecule has 3 aromatic rings. The van der Waals surface area contributed by atoms with Crippen LogP contribution in [0.4, 0.5) is 17.5 Å². The van der Waals surface area contributed by atoms with Crippen LogP contribution in [0.15, 0.2) is 30.6 Å². The number of hydrogen-bond donors (Lipinski definition) is 2. The summed E-state index contributed by atoms with van der Waals surface area (Å²) in [6.07, 6.45) is 7.95. The maximum Gasteiger partial charge on any atom is 0.320 e. The Morgan fingerprint density at radius 3 is 2.43 bits per heavy atom. The van der Waals surface area contributed by atoms with Crippen molar-refractivity contribution in [1.82, 2.24) is 29.3 Å². The number of carbonyl (C=O) groups excluding carboxylic acids is 1. The lowest BCUT2D eigenvalue weighted by Gasteiger charge is -2.37. The minimum Gasteiger partial charge on any atom is -0.480 e. The number of aromatic nitrogens is 4. The summed E-state index contributed by atoms with van der Waals surface area (Å²) in [4.78, 5) is 43.8. The zero-order valence-electron chi connectivity index (χ0n) is 21.6. The molecule has 1 saturated heterocycles. The molecule has 11 nitrogen and oxygen atoms in total. The van der Waals surface area contributed by atoms with Gasteiger partial charge in [0.1, 0.15) is 23.2 Å². The zero-order valence-corrected chi connectivity index (χ0v) is 21.6. The number of nitrogens with zero attached hydrogens (tertiary/aromatic N) is 7. The van der Waals surface area contributed by atoms with Crippen molar-refractivity contribution in [3.05, 3.63) is 36.3 Å². The standard InChI is InChI=1S/C26H34N8O3/c1-17(25(36)37)32-10-12-33(13-11-32)20-8-9-22(27-16-20)29-26-28-15-18-14-21(24(35)31(2)3)34(23(18)30-26)19-6-4-5-7-19/h8-9,14-17,19H,4-7,10-13H2,1-3H3,(H,36,37)(H,27,28,29,30). The first-order chi connectivity index (χ1) is 17.8. The van der Waals surface area contributed by atoms with Crippen molar-refractivity contribution in [2.45, 2.75) is 44.7 Å². The summed E-state index contributed by atoms with van der Waals surface area (Å²) in [6, 6.07) is 5.57. The van der Waals surface area contributed by atoms with Crippen LogP contribution in [0.2, 0.25) is 0 Å². The SMILES string of the molecule is CC(C(=O)O)N1CCN(c2ccc(Nc3ncc4cc(C(=O)N(C)C)n(C5CCCC5)c4n3)nc2)CC1. The summed E-state index contributed by atoms with van der Waals surface area (Å²) >= 11 is 0. The van der Waals surface area contributed by atoms with E-state index >= 15 is 0 Å². The fraction of sp³-hybridized carbons (Fsp3) is 0.500. The molecule has 37 heavy (non-hydrogen) atoms. The maximum atomic E-state index is 12.9. The number of rotatable bonds is 7. The quantitative estimate of drug-likeness (QED) is 0.498. The first-order valence-electron chi connectivity index (χ1n) is 12.9. The van der Waals surface area contributed by atoms with Crippen LogP contribution < -0.4 is 10.2 Å². The molecule has 0 radical (unpaired) electrons. The van der Waals surface area contributed by atoms with Crippen molar-refractivity contribution in [2.24, 2.45) is 0 Å². The summed E-state index contributed by atoms with van der Waals surface area (Å²) in [6.45, 7) is 4.61. The molecule has 2 fully saturated rings. The monoisotopic (exact) mass is 506 g/mol. The van der Waals surface area contributed by atoms with E-state index in [0.717, 1.165) is 55.5 Å². The van der Waals surface area contributed by atoms with Gasteiger partial charge in [-0.25, -0.2) is 9.97 Å². The first-order valence-corrected chi connectivity index (χ1v) is 12.9. The molecule has 3 aromatic heterocycles. The Hall–Kier alpha value is -3.73. The van der Waals surface area contributed by atoms with Crippen molar-refractivity contribution < 1.29 is 14.7 Å². The lowest BCUT2D eigenvalue weighted by atomic mass is 10.2. The zero-order chi connectivity index (χ0) is 26.1. The minimum atomic E-state index is -0.790. The summed E-state index contributed by atoms with van der Waals surface area (Å²) < 4.78 is 2.10. The fourth-order valence-electron chi connectivity index (χ4n) is 5.28. The van der Waals surface area contributed by atoms with E-state index in [2.05, 4.69) is 24.8 Å². The predicted octanol–water partition coefficient (Wildman–Crippen LogP) is 2.98. The molecule has 1 atom stereocenters. The Labute approximate surface area is 216 Å². The Kier molecular flexibility index (Phi) is 6.96. The van der Waals surface area contributed by atoms with Crippen molar-refractivity contribution in [3.63, 3.8) is 0 Å². The highest BCUT2D eigenvalue weighted by molar-refractivity contribution is 5.97. The molecule has 4 heterocycles. The maximum absolute atomic E-state index is 12.9. The number of fused-ring (bicyclic) bond motifs is 1. The van der Waals surface area contributed by atoms with Crippen LogP contribution in [0, 0.1) is 0 Å². The largest absolute Gasteiger partial charge is 0.480 e. The van der Waals surface area contributed by atoms with Gasteiger partial charge in [0, 0.05) is 57.9 Å². The second-order valence-electron chi connectivity index (χ2n) is 10.1. The Morgan fingerprint density at radius 2 is 1.81 bits per heavy atom. The van der Waals surface area contributed by atoms with Gasteiger partial charge < -0.3 is 24.8 Å². The lowest BCUT2D eigenvalue weighted by molar-refractivity contribution is -0.142. The molecule has 1 saturated carbocycles. The molecule has 196 valence electrons. The lowest BCUT2D eigenvalue weighted by Crippen LogP contribution is -2.51. The highest BCUT2D eigenvalue weighted by Crippen LogP contribution is 2.35. The fourth-order valence-corrected chi connectivity index (χ4v) is 5.28. The number of carbonyl (C=O) groups is 2. The van der Waals surface area contributed by atoms with Crippen LogP contribution in [0.5, 0.6) is 0 Å². The van der Waals surface area contributed by atoms with Crippen molar-refractivity contribution >= 4 is 40.4 Å². The Morgan fingerprint density at radius 1 is 1.08 bits per heavy atom. The van der Waals surface area contributed by atoms with Crippen molar-refractivity contribution in [3.8, 4) is 0 Å². The Balaban J connectivity index is 1.32. The molecule has 5 rings (SSSR count). The van der Waals surface area contributed by atoms with Gasteiger partial charge in [-0.3, -0.25) is 14.5 Å². The summed E-state index contributed by atoms with van der Waals surface area (Å²) in [5, 5.41) is 13.3. The van der Waals surface area contributed by atoms with Gasteiger partial charge >= 0.3 is 5.97 Å². The van der Waals surface area contributed by atoms with Gasteiger partial charge in [-0.1, -0.05) is 12.8 Å². The third-order valence-corrected chi connectivity index (χ3v) is 7.46. The first kappa shape index (κ1) is 24.9. The molecule has 1 unspecified atom stereocenters. The molecular weight excluding hydrogens is 472 g/mol. The molecule has 11 heteroatoms. The van der Waals surface area contributed by atoms with E-state index < -0.39 is 12.0 Å². The molecule has 1 aliphatic carbocycles. The minimum absolute atomic E-state index is 0.0325. The van der Waals surface area contributed by atoms with E-state index in [4.69, 9.17) is 4.98 Å². The second kappa shape index (κ2) is 10.3. The molecule has 0 spiro atoms. The number of carboxylic acid groups (broad SMARTS) is 1. The third kappa shape index (κ3) is 5.08. The van der Waals surface area contributed by atoms with E-state index in [1.807, 2.05) is 29.3 Å². The van der Waals surface area contributed by atoms with E-state index in [9.17, 15) is 14.7 Å². The van der Waals surface area contributed by atoms with Crippen LogP contribution >= 0.6 is 0 Å². The molecule has 0 aromatic carbocycles. The van der Waals surface area contributed by atoms with Crippen molar-refractivity contribution in [1.29, 1.82) is 0 Å². The van der Waals surface area contributed by atoms with Crippen LogP contribution in [0.3, 0.4) is 0 Å². The van der Waals surface area contributed by atoms with Crippen LogP contribution in [0.1, 0.15) is 49.1 Å². The van der Waals surface area contributed by atoms with E-state index in [1.165, 1.54) is 0 Å². The topological polar surface area (TPSA) is 120 Å². The number of hydrogen-bond acceptors (Lipinski definition) is 8. The van der Waals surface area contributed by atoms with Gasteiger partial charge in [-0.05, 0) is 38.0 Å². The number of piperazine rings is 1. The van der Waals surface area contributed by atoms with E-state index in [1.54, 1.807) is 32.1 Å². The molecule has 2 N–H and O–H groups in total. The molecule has 0 bridgehead atoms. The molecule has 2 aliphatic rings. The number of anilines is 3. The smallest absolute Gasteiger partial charge is 0.320 e. The molecular formula is C26H34N8O3. The van der Waals surface area contributed by atoms with Crippen LogP contribution in [-0.2, 0) is 4.79 Å². The number of pyridine rings is 1. The van der Waals surface area contributed by atoms with Gasteiger partial charge in [0.25, 0.3) is 5.91 Å². The number of carboxylic acids is 1. The van der Waals surface area contributed by atoms with E-state index in [-0.39, 0.29) is 11.9 Å². The van der Waals surface area contributed by atoms with Crippen molar-refractivity contribution in [2.75, 3.05) is 50.5 Å². The molecule has 1 amide bonds. The van der Waals surface area contributed by atoms with Gasteiger partial charge in [-0.2, -0.15) is 4.98 Å². The van der Waals surface area contributed by atoms with Crippen LogP contribution in [0.25, 0.3) is 11.0 Å². The van der Waals surface area contributed by atoms with Gasteiger partial charge in [0.2, 0.25) is 5.95 Å². The number of amides is 1. The highest BCUT2D eigenvalue weighted by atomic mass is 16.4. The van der Waals surface area contributed by atoms with Crippen LogP contribution in [-0.4, -0.2) is 92.6 Å². The average Bonchev–Trinajstić information content (AvgIpc) is 3.56. The van der Waals surface area contributed by atoms with E-state index in [0.29, 0.717) is 30.5 Å². The van der Waals surface area contributed by atoms with Gasteiger partial charge in [0.15, 0.2) is 0 Å². The van der Waals surface area contributed by atoms with Gasteiger partial charge in [-0.15, -0.1) is 0 Å². The number of nitrogens with one attached hydrogen (secondary N) is 1. The number of aliphatic carboxylic acids is 1. The Bertz CT molecular complexity index is 1270. The highest BCUT2D eigenvalue weighted by Gasteiger charge is 2.27. The predicted molar refractivity (Wildman–Crippen MR) is 141 cm³/mol. The normalized spacial score (nSPS) is 17.8. The second-order valence-corrected chi connectivity index (χ2v) is 10.1.